The van der Waals surface area contributed by atoms with Crippen LogP contribution < -0.4 is 15.4 Å². The molecule has 29 heavy (non-hydrogen) atoms. The van der Waals surface area contributed by atoms with E-state index in [-0.39, 0.29) is 19.7 Å². The lowest BCUT2D eigenvalue weighted by Gasteiger charge is -2.08. The van der Waals surface area contributed by atoms with Gasteiger partial charge in [-0.2, -0.15) is 0 Å². The van der Waals surface area contributed by atoms with Crippen LogP contribution in [0.1, 0.15) is 11.3 Å². The van der Waals surface area contributed by atoms with E-state index in [1.54, 1.807) is 24.3 Å². The lowest BCUT2D eigenvalue weighted by molar-refractivity contribution is -0.139. The first-order valence-corrected chi connectivity index (χ1v) is 9.37. The highest BCUT2D eigenvalue weighted by Crippen LogP contribution is 2.25. The molecule has 0 saturated carbocycles. The zero-order valence-electron chi connectivity index (χ0n) is 15.8. The second kappa shape index (κ2) is 9.75. The SMILES string of the molecule is Cc1c(CNC(=O)C(=O)NCCOc2cccc(Cl)c2)noc1-c1ccccc1. The van der Waals surface area contributed by atoms with Gasteiger partial charge < -0.3 is 19.9 Å². The fourth-order valence-corrected chi connectivity index (χ4v) is 2.79. The molecule has 3 rings (SSSR count). The van der Waals surface area contributed by atoms with Crippen molar-refractivity contribution in [3.8, 4) is 17.1 Å². The third kappa shape index (κ3) is 5.58. The number of rotatable bonds is 7. The molecule has 0 aliphatic heterocycles. The van der Waals surface area contributed by atoms with E-state index < -0.39 is 11.8 Å². The highest BCUT2D eigenvalue weighted by Gasteiger charge is 2.17. The number of nitrogens with zero attached hydrogens (tertiary/aromatic N) is 1. The highest BCUT2D eigenvalue weighted by molar-refractivity contribution is 6.35. The molecule has 0 atom stereocenters. The molecule has 0 fully saturated rings. The summed E-state index contributed by atoms with van der Waals surface area (Å²) < 4.78 is 10.8. The van der Waals surface area contributed by atoms with Crippen LogP contribution in [0, 0.1) is 6.92 Å². The van der Waals surface area contributed by atoms with Crippen LogP contribution in [0.5, 0.6) is 5.75 Å². The molecule has 1 aromatic heterocycles. The van der Waals surface area contributed by atoms with Crippen LogP contribution in [0.2, 0.25) is 5.02 Å². The van der Waals surface area contributed by atoms with Gasteiger partial charge in [-0.05, 0) is 25.1 Å². The number of aromatic nitrogens is 1. The first-order chi connectivity index (χ1) is 14.0. The topological polar surface area (TPSA) is 93.5 Å². The van der Waals surface area contributed by atoms with E-state index >= 15 is 0 Å². The van der Waals surface area contributed by atoms with Gasteiger partial charge in [-0.15, -0.1) is 0 Å². The maximum Gasteiger partial charge on any atom is 0.309 e. The second-order valence-electron chi connectivity index (χ2n) is 6.19. The zero-order valence-corrected chi connectivity index (χ0v) is 16.5. The summed E-state index contributed by atoms with van der Waals surface area (Å²) in [7, 11) is 0. The molecule has 0 unspecified atom stereocenters. The Morgan fingerprint density at radius 2 is 1.83 bits per heavy atom. The maximum atomic E-state index is 12.0. The van der Waals surface area contributed by atoms with Gasteiger partial charge in [0.25, 0.3) is 0 Å². The summed E-state index contributed by atoms with van der Waals surface area (Å²) in [5.74, 6) is -0.273. The van der Waals surface area contributed by atoms with Gasteiger partial charge in [-0.1, -0.05) is 53.2 Å². The van der Waals surface area contributed by atoms with Gasteiger partial charge in [0.2, 0.25) is 0 Å². The van der Waals surface area contributed by atoms with Crippen LogP contribution in [0.3, 0.4) is 0 Å². The number of nitrogens with one attached hydrogen (secondary N) is 2. The number of amides is 2. The number of hydrogen-bond donors (Lipinski definition) is 2. The van der Waals surface area contributed by atoms with Gasteiger partial charge >= 0.3 is 11.8 Å². The van der Waals surface area contributed by atoms with Crippen molar-refractivity contribution in [1.82, 2.24) is 15.8 Å². The first-order valence-electron chi connectivity index (χ1n) is 8.99. The Hall–Kier alpha value is -3.32. The minimum absolute atomic E-state index is 0.0907. The number of ether oxygens (including phenoxy) is 1. The zero-order chi connectivity index (χ0) is 20.6. The minimum Gasteiger partial charge on any atom is -0.492 e. The van der Waals surface area contributed by atoms with Crippen molar-refractivity contribution in [3.63, 3.8) is 0 Å². The molecule has 2 amide bonds. The van der Waals surface area contributed by atoms with Gasteiger partial charge in [0.15, 0.2) is 5.76 Å². The van der Waals surface area contributed by atoms with Gasteiger partial charge in [0.1, 0.15) is 18.1 Å². The predicted octanol–water partition coefficient (Wildman–Crippen LogP) is 3.11. The largest absolute Gasteiger partial charge is 0.492 e. The normalized spacial score (nSPS) is 10.4. The standard InChI is InChI=1S/C21H20ClN3O4/c1-14-18(25-29-19(14)15-6-3-2-4-7-15)13-24-21(27)20(26)23-10-11-28-17-9-5-8-16(22)12-17/h2-9,12H,10-11,13H2,1H3,(H,23,26)(H,24,27). The molecule has 0 aliphatic rings. The molecule has 7 nitrogen and oxygen atoms in total. The third-order valence-corrected chi connectivity index (χ3v) is 4.37. The Balaban J connectivity index is 1.43. The van der Waals surface area contributed by atoms with Crippen LogP contribution >= 0.6 is 11.6 Å². The van der Waals surface area contributed by atoms with E-state index in [0.717, 1.165) is 11.1 Å². The van der Waals surface area contributed by atoms with Crippen molar-refractivity contribution in [2.75, 3.05) is 13.2 Å². The molecular weight excluding hydrogens is 394 g/mol. The summed E-state index contributed by atoms with van der Waals surface area (Å²) in [5, 5.41) is 9.58. The van der Waals surface area contributed by atoms with E-state index in [9.17, 15) is 9.59 Å². The monoisotopic (exact) mass is 413 g/mol. The molecule has 0 spiro atoms. The van der Waals surface area contributed by atoms with E-state index in [1.807, 2.05) is 37.3 Å². The summed E-state index contributed by atoms with van der Waals surface area (Å²) in [5.41, 5.74) is 2.27. The average Bonchev–Trinajstić information content (AvgIpc) is 3.10. The smallest absolute Gasteiger partial charge is 0.309 e. The van der Waals surface area contributed by atoms with Crippen LogP contribution in [0.25, 0.3) is 11.3 Å². The van der Waals surface area contributed by atoms with Gasteiger partial charge in [0, 0.05) is 16.1 Å². The van der Waals surface area contributed by atoms with Crippen molar-refractivity contribution in [2.24, 2.45) is 0 Å². The molecular formula is C21H20ClN3O4. The first kappa shape index (κ1) is 20.4. The Morgan fingerprint density at radius 3 is 2.59 bits per heavy atom. The quantitative estimate of drug-likeness (QED) is 0.458. The van der Waals surface area contributed by atoms with Gasteiger partial charge in [-0.25, -0.2) is 0 Å². The summed E-state index contributed by atoms with van der Waals surface area (Å²) in [4.78, 5) is 23.9. The number of halogens is 1. The molecule has 0 saturated heterocycles. The number of hydrogen-bond acceptors (Lipinski definition) is 5. The second-order valence-corrected chi connectivity index (χ2v) is 6.63. The lowest BCUT2D eigenvalue weighted by atomic mass is 10.1. The van der Waals surface area contributed by atoms with E-state index in [0.29, 0.717) is 22.2 Å². The molecule has 0 aliphatic carbocycles. The molecule has 0 bridgehead atoms. The Bertz CT molecular complexity index is 989. The number of carbonyl (C=O) groups excluding carboxylic acids is 2. The predicted molar refractivity (Wildman–Crippen MR) is 108 cm³/mol. The van der Waals surface area contributed by atoms with Crippen molar-refractivity contribution >= 4 is 23.4 Å². The Morgan fingerprint density at radius 1 is 1.07 bits per heavy atom. The van der Waals surface area contributed by atoms with Gasteiger partial charge in [0.05, 0.1) is 13.1 Å². The molecule has 150 valence electrons. The van der Waals surface area contributed by atoms with Crippen LogP contribution in [0.4, 0.5) is 0 Å². The van der Waals surface area contributed by atoms with Crippen LogP contribution in [0.15, 0.2) is 59.1 Å². The van der Waals surface area contributed by atoms with Crippen LogP contribution in [-0.4, -0.2) is 30.1 Å². The Labute approximate surface area is 173 Å². The van der Waals surface area contributed by atoms with E-state index in [1.165, 1.54) is 0 Å². The van der Waals surface area contributed by atoms with E-state index in [2.05, 4.69) is 15.8 Å². The van der Waals surface area contributed by atoms with Crippen molar-refractivity contribution in [1.29, 1.82) is 0 Å². The number of carbonyl (C=O) groups is 2. The summed E-state index contributed by atoms with van der Waals surface area (Å²) in [6, 6.07) is 16.5. The lowest BCUT2D eigenvalue weighted by Crippen LogP contribution is -2.41. The third-order valence-electron chi connectivity index (χ3n) is 4.13. The summed E-state index contributed by atoms with van der Waals surface area (Å²) >= 11 is 5.87. The summed E-state index contributed by atoms with van der Waals surface area (Å²) in [6.45, 7) is 2.34. The fraction of sp³-hybridized carbons (Fsp3) is 0.190. The molecule has 8 heteroatoms. The fourth-order valence-electron chi connectivity index (χ4n) is 2.61. The average molecular weight is 414 g/mol. The Kier molecular flexibility index (Phi) is 6.86. The molecule has 1 heterocycles. The molecule has 2 N–H and O–H groups in total. The van der Waals surface area contributed by atoms with Crippen molar-refractivity contribution < 1.29 is 18.8 Å². The summed E-state index contributed by atoms with van der Waals surface area (Å²) in [6.07, 6.45) is 0. The highest BCUT2D eigenvalue weighted by atomic mass is 35.5. The maximum absolute atomic E-state index is 12.0. The molecule has 2 aromatic carbocycles. The van der Waals surface area contributed by atoms with E-state index in [4.69, 9.17) is 20.9 Å². The number of benzene rings is 2. The molecule has 3 aromatic rings. The molecule has 0 radical (unpaired) electrons. The van der Waals surface area contributed by atoms with Gasteiger partial charge in [-0.3, -0.25) is 9.59 Å². The van der Waals surface area contributed by atoms with Crippen molar-refractivity contribution in [2.45, 2.75) is 13.5 Å². The minimum atomic E-state index is -0.753. The van der Waals surface area contributed by atoms with Crippen molar-refractivity contribution in [3.05, 3.63) is 70.9 Å². The van der Waals surface area contributed by atoms with Crippen LogP contribution in [-0.2, 0) is 16.1 Å².